The fourth-order valence-corrected chi connectivity index (χ4v) is 8.35. The lowest BCUT2D eigenvalue weighted by Gasteiger charge is -2.45. The van der Waals surface area contributed by atoms with Crippen LogP contribution in [0.2, 0.25) is 0 Å². The van der Waals surface area contributed by atoms with Gasteiger partial charge in [0.1, 0.15) is 0 Å². The van der Waals surface area contributed by atoms with E-state index < -0.39 is 0 Å². The number of nitrogens with zero attached hydrogens (tertiary/aromatic N) is 3. The Kier molecular flexibility index (Phi) is 5.61. The van der Waals surface area contributed by atoms with Crippen molar-refractivity contribution in [2.24, 2.45) is 17.8 Å². The van der Waals surface area contributed by atoms with Gasteiger partial charge in [0.2, 0.25) is 5.56 Å². The molecular weight excluding hydrogens is 448 g/mol. The number of hydrogen-bond donors (Lipinski definition) is 1. The molecule has 3 aromatic rings. The molecule has 1 aromatic carbocycles. The van der Waals surface area contributed by atoms with Crippen LogP contribution in [0.15, 0.2) is 52.1 Å². The zero-order valence-electron chi connectivity index (χ0n) is 20.9. The average molecular weight is 485 g/mol. The number of benzene rings is 1. The third-order valence-electron chi connectivity index (χ3n) is 9.74. The van der Waals surface area contributed by atoms with Crippen molar-refractivity contribution in [3.8, 4) is 11.4 Å². The van der Waals surface area contributed by atoms with Crippen molar-refractivity contribution in [3.63, 3.8) is 0 Å². The molecule has 6 heteroatoms. The molecule has 1 N–H and O–H groups in total. The van der Waals surface area contributed by atoms with Gasteiger partial charge in [-0.1, -0.05) is 37.5 Å². The van der Waals surface area contributed by atoms with E-state index in [0.717, 1.165) is 41.6 Å². The molecule has 4 fully saturated rings. The van der Waals surface area contributed by atoms with Crippen LogP contribution in [0.1, 0.15) is 70.3 Å². The fraction of sp³-hybridized carbons (Fsp3) is 0.567. The van der Waals surface area contributed by atoms with Crippen LogP contribution >= 0.6 is 0 Å². The van der Waals surface area contributed by atoms with E-state index in [1.807, 2.05) is 28.8 Å². The molecule has 2 aliphatic heterocycles. The van der Waals surface area contributed by atoms with Gasteiger partial charge in [0.05, 0.1) is 16.7 Å². The van der Waals surface area contributed by atoms with Crippen molar-refractivity contribution < 1.29 is 0 Å². The molecule has 2 saturated heterocycles. The summed E-state index contributed by atoms with van der Waals surface area (Å²) in [4.78, 5) is 36.2. The number of fused-ring (bicyclic) bond motifs is 5. The molecule has 0 radical (unpaired) electrons. The van der Waals surface area contributed by atoms with Gasteiger partial charge < -0.3 is 9.55 Å². The number of para-hydroxylation sites is 2. The molecule has 6 nitrogen and oxygen atoms in total. The first-order valence-electron chi connectivity index (χ1n) is 14.1. The number of pyridine rings is 1. The molecule has 6 atom stereocenters. The van der Waals surface area contributed by atoms with E-state index in [-0.39, 0.29) is 17.2 Å². The van der Waals surface area contributed by atoms with E-state index in [2.05, 4.69) is 9.88 Å². The lowest BCUT2D eigenvalue weighted by atomic mass is 9.68. The lowest BCUT2D eigenvalue weighted by Crippen LogP contribution is -2.48. The summed E-state index contributed by atoms with van der Waals surface area (Å²) < 4.78 is 2.01. The van der Waals surface area contributed by atoms with E-state index in [4.69, 9.17) is 4.98 Å². The van der Waals surface area contributed by atoms with Gasteiger partial charge in [0.15, 0.2) is 5.69 Å². The Balaban J connectivity index is 1.20. The summed E-state index contributed by atoms with van der Waals surface area (Å²) in [6.07, 6.45) is 13.2. The zero-order chi connectivity index (χ0) is 24.2. The molecule has 2 aliphatic carbocycles. The first-order valence-corrected chi connectivity index (χ1v) is 14.1. The summed E-state index contributed by atoms with van der Waals surface area (Å²) in [6.45, 7) is 1.26. The minimum Gasteiger partial charge on any atom is -0.320 e. The van der Waals surface area contributed by atoms with Crippen LogP contribution in [-0.2, 0) is 0 Å². The predicted molar refractivity (Wildman–Crippen MR) is 142 cm³/mol. The van der Waals surface area contributed by atoms with Gasteiger partial charge in [-0.25, -0.2) is 4.98 Å². The van der Waals surface area contributed by atoms with Gasteiger partial charge in [-0.2, -0.15) is 0 Å². The van der Waals surface area contributed by atoms with Crippen molar-refractivity contribution in [2.45, 2.75) is 82.3 Å². The summed E-state index contributed by atoms with van der Waals surface area (Å²) >= 11 is 0. The number of H-pyrrole nitrogens is 1. The van der Waals surface area contributed by atoms with Crippen LogP contribution in [-0.4, -0.2) is 38.1 Å². The highest BCUT2D eigenvalue weighted by Gasteiger charge is 2.43. The van der Waals surface area contributed by atoms with Crippen molar-refractivity contribution in [1.82, 2.24) is 19.4 Å². The number of nitrogens with one attached hydrogen (secondary N) is 1. The van der Waals surface area contributed by atoms with Crippen LogP contribution in [0.5, 0.6) is 0 Å². The Bertz CT molecular complexity index is 1370. The Labute approximate surface area is 211 Å². The van der Waals surface area contributed by atoms with Crippen LogP contribution in [0.25, 0.3) is 22.4 Å². The molecule has 7 rings (SSSR count). The van der Waals surface area contributed by atoms with E-state index in [1.165, 1.54) is 64.0 Å². The molecule has 188 valence electrons. The molecule has 2 unspecified atom stereocenters. The quantitative estimate of drug-likeness (QED) is 0.557. The third kappa shape index (κ3) is 3.94. The molecule has 2 saturated carbocycles. The topological polar surface area (TPSA) is 71.0 Å². The molecular formula is C30H36N4O2. The summed E-state index contributed by atoms with van der Waals surface area (Å²) in [5, 5.41) is 0. The number of aromatic amines is 1. The Morgan fingerprint density at radius 1 is 0.806 bits per heavy atom. The maximum Gasteiger partial charge on any atom is 0.279 e. The second kappa shape index (κ2) is 8.98. The second-order valence-corrected chi connectivity index (χ2v) is 12.0. The van der Waals surface area contributed by atoms with Gasteiger partial charge in [-0.3, -0.25) is 14.5 Å². The molecule has 4 aliphatic rings. The first-order chi connectivity index (χ1) is 17.6. The maximum atomic E-state index is 13.9. The SMILES string of the molecule is O=c1cccc(-c2nc3ccccc3n(C3C[C@H]4CC[C@@H](C3)N4CC3C[C@H]4CCC[C@@H](C3)C4)c2=O)[nH]1. The number of aromatic nitrogens is 3. The molecule has 36 heavy (non-hydrogen) atoms. The van der Waals surface area contributed by atoms with Crippen molar-refractivity contribution >= 4 is 11.0 Å². The summed E-state index contributed by atoms with van der Waals surface area (Å²) in [6, 6.07) is 14.2. The number of piperidine rings is 1. The van der Waals surface area contributed by atoms with Crippen LogP contribution in [0.3, 0.4) is 0 Å². The van der Waals surface area contributed by atoms with E-state index in [0.29, 0.717) is 23.5 Å². The summed E-state index contributed by atoms with van der Waals surface area (Å²) in [7, 11) is 0. The Morgan fingerprint density at radius 3 is 2.31 bits per heavy atom. The minimum atomic E-state index is -0.216. The van der Waals surface area contributed by atoms with E-state index in [1.54, 1.807) is 12.1 Å². The number of rotatable bonds is 4. The third-order valence-corrected chi connectivity index (χ3v) is 9.74. The maximum absolute atomic E-state index is 13.9. The normalized spacial score (nSPS) is 32.1. The second-order valence-electron chi connectivity index (χ2n) is 12.0. The van der Waals surface area contributed by atoms with Gasteiger partial charge in [0.25, 0.3) is 5.56 Å². The smallest absolute Gasteiger partial charge is 0.279 e. The summed E-state index contributed by atoms with van der Waals surface area (Å²) in [5.41, 5.74) is 2.24. The monoisotopic (exact) mass is 484 g/mol. The largest absolute Gasteiger partial charge is 0.320 e. The average Bonchev–Trinajstić information content (AvgIpc) is 3.10. The van der Waals surface area contributed by atoms with Gasteiger partial charge in [-0.15, -0.1) is 0 Å². The zero-order valence-corrected chi connectivity index (χ0v) is 20.9. The standard InChI is InChI=1S/C30H36N4O2/c35-28-10-4-8-26(31-28)29-30(36)34(27-9-2-1-7-25(27)32-29)24-16-22-11-12-23(17-24)33(22)18-21-14-19-5-3-6-20(13-19)15-21/h1-2,4,7-10,19-24H,3,5-6,11-18H2,(H,31,35)/t19-,20+,21?,22-,23+,24?. The van der Waals surface area contributed by atoms with Gasteiger partial charge in [0, 0.05) is 30.7 Å². The molecule has 4 heterocycles. The van der Waals surface area contributed by atoms with Gasteiger partial charge >= 0.3 is 0 Å². The van der Waals surface area contributed by atoms with Crippen molar-refractivity contribution in [2.75, 3.05) is 6.54 Å². The number of hydrogen-bond acceptors (Lipinski definition) is 4. The summed E-state index contributed by atoms with van der Waals surface area (Å²) in [5.74, 6) is 2.81. The highest BCUT2D eigenvalue weighted by molar-refractivity contribution is 5.77. The van der Waals surface area contributed by atoms with Crippen molar-refractivity contribution in [1.29, 1.82) is 0 Å². The molecule has 0 amide bonds. The Hall–Kier alpha value is -2.73. The molecule has 0 spiro atoms. The van der Waals surface area contributed by atoms with Gasteiger partial charge in [-0.05, 0) is 80.9 Å². The van der Waals surface area contributed by atoms with E-state index >= 15 is 0 Å². The van der Waals surface area contributed by atoms with E-state index in [9.17, 15) is 9.59 Å². The van der Waals surface area contributed by atoms with Crippen LogP contribution < -0.4 is 11.1 Å². The lowest BCUT2D eigenvalue weighted by molar-refractivity contribution is 0.0528. The van der Waals surface area contributed by atoms with Crippen LogP contribution in [0.4, 0.5) is 0 Å². The Morgan fingerprint density at radius 2 is 1.56 bits per heavy atom. The molecule has 4 bridgehead atoms. The fourth-order valence-electron chi connectivity index (χ4n) is 8.35. The van der Waals surface area contributed by atoms with Crippen LogP contribution in [0, 0.1) is 17.8 Å². The highest BCUT2D eigenvalue weighted by Crippen LogP contribution is 2.46. The minimum absolute atomic E-state index is 0.0893. The highest BCUT2D eigenvalue weighted by atomic mass is 16.1. The molecule has 2 aromatic heterocycles. The predicted octanol–water partition coefficient (Wildman–Crippen LogP) is 5.14. The van der Waals surface area contributed by atoms with Crippen molar-refractivity contribution in [3.05, 3.63) is 63.2 Å². The first kappa shape index (κ1) is 22.5.